The average molecular weight is 278 g/mol. The van der Waals surface area contributed by atoms with Crippen LogP contribution >= 0.6 is 0 Å². The lowest BCUT2D eigenvalue weighted by Crippen LogP contribution is -2.34. The minimum atomic E-state index is -0.0594. The third-order valence-corrected chi connectivity index (χ3v) is 3.88. The van der Waals surface area contributed by atoms with Gasteiger partial charge in [0.1, 0.15) is 5.75 Å². The summed E-state index contributed by atoms with van der Waals surface area (Å²) in [7, 11) is 3.79. The highest BCUT2D eigenvalue weighted by atomic mass is 16.5. The number of hydrogen-bond acceptors (Lipinski definition) is 4. The molecule has 2 atom stereocenters. The molecule has 2 N–H and O–H groups in total. The first-order chi connectivity index (χ1) is 9.63. The Bertz CT molecular complexity index is 428. The van der Waals surface area contributed by atoms with Crippen molar-refractivity contribution in [2.24, 2.45) is 5.73 Å². The van der Waals surface area contributed by atoms with Gasteiger partial charge in [-0.05, 0) is 38.3 Å². The summed E-state index contributed by atoms with van der Waals surface area (Å²) in [6, 6.07) is 6.02. The van der Waals surface area contributed by atoms with Gasteiger partial charge in [0.15, 0.2) is 0 Å². The molecule has 1 heterocycles. The number of anilines is 1. The second-order valence-electron chi connectivity index (χ2n) is 5.55. The summed E-state index contributed by atoms with van der Waals surface area (Å²) in [5.41, 5.74) is 8.32. The number of ether oxygens (including phenoxy) is 2. The van der Waals surface area contributed by atoms with Crippen LogP contribution in [-0.2, 0) is 4.74 Å². The highest BCUT2D eigenvalue weighted by molar-refractivity contribution is 5.60. The van der Waals surface area contributed by atoms with E-state index in [0.717, 1.165) is 36.6 Å². The van der Waals surface area contributed by atoms with Crippen molar-refractivity contribution in [3.05, 3.63) is 23.8 Å². The van der Waals surface area contributed by atoms with E-state index in [-0.39, 0.29) is 6.04 Å². The molecule has 0 saturated carbocycles. The molecule has 0 aromatic heterocycles. The maximum absolute atomic E-state index is 6.12. The summed E-state index contributed by atoms with van der Waals surface area (Å²) < 4.78 is 11.3. The zero-order chi connectivity index (χ0) is 14.5. The van der Waals surface area contributed by atoms with Crippen LogP contribution in [0.2, 0.25) is 0 Å². The van der Waals surface area contributed by atoms with Gasteiger partial charge < -0.3 is 20.1 Å². The van der Waals surface area contributed by atoms with Gasteiger partial charge in [0.25, 0.3) is 0 Å². The van der Waals surface area contributed by atoms with E-state index < -0.39 is 0 Å². The molecule has 2 rings (SSSR count). The Morgan fingerprint density at radius 1 is 1.45 bits per heavy atom. The van der Waals surface area contributed by atoms with E-state index in [1.54, 1.807) is 7.11 Å². The second-order valence-corrected chi connectivity index (χ2v) is 5.55. The fraction of sp³-hybridized carbons (Fsp3) is 0.625. The molecule has 1 aliphatic heterocycles. The molecule has 0 radical (unpaired) electrons. The van der Waals surface area contributed by atoms with Gasteiger partial charge in [-0.15, -0.1) is 0 Å². The number of rotatable bonds is 5. The Morgan fingerprint density at radius 3 is 2.85 bits per heavy atom. The quantitative estimate of drug-likeness (QED) is 0.899. The van der Waals surface area contributed by atoms with Crippen molar-refractivity contribution >= 4 is 5.69 Å². The van der Waals surface area contributed by atoms with Gasteiger partial charge >= 0.3 is 0 Å². The van der Waals surface area contributed by atoms with Gasteiger partial charge in [0, 0.05) is 37.5 Å². The molecule has 1 saturated heterocycles. The van der Waals surface area contributed by atoms with Crippen molar-refractivity contribution in [2.45, 2.75) is 38.3 Å². The number of nitrogens with zero attached hydrogens (tertiary/aromatic N) is 1. The summed E-state index contributed by atoms with van der Waals surface area (Å²) in [6.07, 6.45) is 3.91. The Balaban J connectivity index is 2.17. The van der Waals surface area contributed by atoms with E-state index in [2.05, 4.69) is 18.0 Å². The van der Waals surface area contributed by atoms with Gasteiger partial charge in [0.2, 0.25) is 0 Å². The molecule has 1 aliphatic rings. The first-order valence-electron chi connectivity index (χ1n) is 7.38. The van der Waals surface area contributed by atoms with Gasteiger partial charge in [-0.2, -0.15) is 0 Å². The van der Waals surface area contributed by atoms with Crippen molar-refractivity contribution in [1.29, 1.82) is 0 Å². The smallest absolute Gasteiger partial charge is 0.125 e. The normalized spacial score (nSPS) is 20.5. The predicted molar refractivity (Wildman–Crippen MR) is 82.5 cm³/mol. The maximum Gasteiger partial charge on any atom is 0.125 e. The van der Waals surface area contributed by atoms with Crippen molar-refractivity contribution in [3.63, 3.8) is 0 Å². The van der Waals surface area contributed by atoms with Crippen LogP contribution in [0.3, 0.4) is 0 Å². The van der Waals surface area contributed by atoms with E-state index in [9.17, 15) is 0 Å². The molecule has 112 valence electrons. The zero-order valence-corrected chi connectivity index (χ0v) is 12.8. The van der Waals surface area contributed by atoms with E-state index in [4.69, 9.17) is 15.2 Å². The molecule has 0 amide bonds. The van der Waals surface area contributed by atoms with Gasteiger partial charge in [-0.1, -0.05) is 6.07 Å². The van der Waals surface area contributed by atoms with Crippen LogP contribution < -0.4 is 15.4 Å². The maximum atomic E-state index is 6.12. The standard InChI is InChI=1S/C16H26N2O2/c1-12(17)16-14(8-6-9-15(16)19-3)18(2)11-13-7-4-5-10-20-13/h6,8-9,12-13H,4-5,7,10-11,17H2,1-3H3/t12-,13?/m1/s1. The minimum Gasteiger partial charge on any atom is -0.496 e. The average Bonchev–Trinajstić information content (AvgIpc) is 2.47. The van der Waals surface area contributed by atoms with Gasteiger partial charge in [0.05, 0.1) is 13.2 Å². The zero-order valence-electron chi connectivity index (χ0n) is 12.8. The minimum absolute atomic E-state index is 0.0594. The Kier molecular flexibility index (Phi) is 5.26. The molecule has 0 spiro atoms. The molecule has 20 heavy (non-hydrogen) atoms. The van der Waals surface area contributed by atoms with Crippen LogP contribution in [-0.4, -0.2) is 33.4 Å². The highest BCUT2D eigenvalue weighted by Crippen LogP contribution is 2.33. The van der Waals surface area contributed by atoms with E-state index in [1.165, 1.54) is 12.8 Å². The molecule has 0 bridgehead atoms. The SMILES string of the molecule is COc1cccc(N(C)CC2CCCCO2)c1[C@@H](C)N. The van der Waals surface area contributed by atoms with Crippen molar-refractivity contribution in [1.82, 2.24) is 0 Å². The number of methoxy groups -OCH3 is 1. The van der Waals surface area contributed by atoms with Crippen molar-refractivity contribution in [2.75, 3.05) is 32.2 Å². The molecule has 4 nitrogen and oxygen atoms in total. The monoisotopic (exact) mass is 278 g/mol. The largest absolute Gasteiger partial charge is 0.496 e. The van der Waals surface area contributed by atoms with E-state index >= 15 is 0 Å². The molecular formula is C16H26N2O2. The highest BCUT2D eigenvalue weighted by Gasteiger charge is 2.20. The summed E-state index contributed by atoms with van der Waals surface area (Å²) in [6.45, 7) is 3.77. The van der Waals surface area contributed by atoms with Crippen LogP contribution in [0.15, 0.2) is 18.2 Å². The third-order valence-electron chi connectivity index (χ3n) is 3.88. The molecular weight excluding hydrogens is 252 g/mol. The number of nitrogens with two attached hydrogens (primary N) is 1. The summed E-state index contributed by atoms with van der Waals surface area (Å²) in [5.74, 6) is 0.855. The van der Waals surface area contributed by atoms with Crippen LogP contribution in [0.4, 0.5) is 5.69 Å². The van der Waals surface area contributed by atoms with Crippen LogP contribution in [0.5, 0.6) is 5.75 Å². The second kappa shape index (κ2) is 6.95. The number of benzene rings is 1. The summed E-state index contributed by atoms with van der Waals surface area (Å²) in [5, 5.41) is 0. The van der Waals surface area contributed by atoms with Crippen molar-refractivity contribution < 1.29 is 9.47 Å². The van der Waals surface area contributed by atoms with E-state index in [0.29, 0.717) is 6.10 Å². The first-order valence-corrected chi connectivity index (χ1v) is 7.38. The van der Waals surface area contributed by atoms with Gasteiger partial charge in [-0.3, -0.25) is 0 Å². The van der Waals surface area contributed by atoms with Crippen LogP contribution in [0.25, 0.3) is 0 Å². The topological polar surface area (TPSA) is 47.7 Å². The van der Waals surface area contributed by atoms with Gasteiger partial charge in [-0.25, -0.2) is 0 Å². The van der Waals surface area contributed by atoms with E-state index in [1.807, 2.05) is 19.1 Å². The summed E-state index contributed by atoms with van der Waals surface area (Å²) in [4.78, 5) is 2.23. The lowest BCUT2D eigenvalue weighted by molar-refractivity contribution is 0.0216. The third kappa shape index (κ3) is 3.44. The fourth-order valence-corrected chi connectivity index (χ4v) is 2.86. The first kappa shape index (κ1) is 15.1. The Labute approximate surface area is 121 Å². The number of likely N-dealkylation sites (N-methyl/N-ethyl adjacent to an activating group) is 1. The molecule has 1 aromatic rings. The molecule has 1 aromatic carbocycles. The molecule has 1 unspecified atom stereocenters. The van der Waals surface area contributed by atoms with Crippen LogP contribution in [0, 0.1) is 0 Å². The fourth-order valence-electron chi connectivity index (χ4n) is 2.86. The Morgan fingerprint density at radius 2 is 2.25 bits per heavy atom. The van der Waals surface area contributed by atoms with Crippen LogP contribution in [0.1, 0.15) is 37.8 Å². The predicted octanol–water partition coefficient (Wildman–Crippen LogP) is 2.72. The number of hydrogen-bond donors (Lipinski definition) is 1. The molecule has 4 heteroatoms. The molecule has 0 aliphatic carbocycles. The Hall–Kier alpha value is -1.26. The lowest BCUT2D eigenvalue weighted by Gasteiger charge is -2.31. The lowest BCUT2D eigenvalue weighted by atomic mass is 10.0. The van der Waals surface area contributed by atoms with Crippen molar-refractivity contribution in [3.8, 4) is 5.75 Å². The molecule has 1 fully saturated rings. The summed E-state index contributed by atoms with van der Waals surface area (Å²) >= 11 is 0.